The van der Waals surface area contributed by atoms with E-state index < -0.39 is 17.7 Å². The van der Waals surface area contributed by atoms with Crippen molar-refractivity contribution in [2.45, 2.75) is 46.1 Å². The molecule has 10 aromatic rings. The zero-order valence-corrected chi connectivity index (χ0v) is 42.8. The number of hydrogen-bond acceptors (Lipinski definition) is 12. The Balaban J connectivity index is 0.000000149. The van der Waals surface area contributed by atoms with Gasteiger partial charge in [0.05, 0.1) is 33.4 Å². The number of anilines is 3. The van der Waals surface area contributed by atoms with Gasteiger partial charge < -0.3 is 35.8 Å². The Morgan fingerprint density at radius 3 is 1.82 bits per heavy atom. The molecule has 4 aromatic carbocycles. The zero-order valence-electron chi connectivity index (χ0n) is 42.8. The molecule has 1 aliphatic heterocycles. The number of rotatable bonds is 12. The zero-order chi connectivity index (χ0) is 55.4. The number of nitriles is 1. The van der Waals surface area contributed by atoms with Gasteiger partial charge in [-0.25, -0.2) is 57.4 Å². The summed E-state index contributed by atoms with van der Waals surface area (Å²) in [6.07, 6.45) is 11.1. The van der Waals surface area contributed by atoms with Crippen molar-refractivity contribution in [3.05, 3.63) is 144 Å². The summed E-state index contributed by atoms with van der Waals surface area (Å²) in [5.74, 6) is 0.189. The van der Waals surface area contributed by atoms with Crippen LogP contribution in [0.25, 0.3) is 55.9 Å². The molecule has 402 valence electrons. The summed E-state index contributed by atoms with van der Waals surface area (Å²) in [7, 11) is 0. The number of aromatic nitrogens is 12. The second-order valence-electron chi connectivity index (χ2n) is 17.6. The highest BCUT2D eigenvalue weighted by molar-refractivity contribution is 5.96. The van der Waals surface area contributed by atoms with Crippen molar-refractivity contribution in [2.24, 2.45) is 0 Å². The summed E-state index contributed by atoms with van der Waals surface area (Å²) in [6, 6.07) is 23.9. The molecule has 1 saturated heterocycles. The summed E-state index contributed by atoms with van der Waals surface area (Å²) in [5.41, 5.74) is 6.46. The number of H-pyrrole nitrogens is 3. The van der Waals surface area contributed by atoms with Crippen molar-refractivity contribution >= 4 is 74.9 Å². The van der Waals surface area contributed by atoms with E-state index in [0.29, 0.717) is 78.5 Å². The average molecular weight is 1070 g/mol. The molecule has 9 N–H and O–H groups in total. The normalized spacial score (nSPS) is 12.9. The minimum atomic E-state index is -0.722. The number of carbonyl (C=O) groups excluding carboxylic acids is 4. The van der Waals surface area contributed by atoms with Crippen LogP contribution in [0.4, 0.5) is 41.0 Å². The van der Waals surface area contributed by atoms with Crippen LogP contribution >= 0.6 is 0 Å². The Morgan fingerprint density at radius 1 is 0.684 bits per heavy atom. The number of carbonyl (C=O) groups is 4. The molecule has 26 heteroatoms. The third kappa shape index (κ3) is 12.6. The first-order valence-electron chi connectivity index (χ1n) is 25.0. The molecule has 7 amide bonds. The second-order valence-corrected chi connectivity index (χ2v) is 17.6. The van der Waals surface area contributed by atoms with Gasteiger partial charge >= 0.3 is 18.1 Å². The molecule has 0 spiro atoms. The number of piperidine rings is 1. The lowest BCUT2D eigenvalue weighted by Gasteiger charge is -2.32. The van der Waals surface area contributed by atoms with Crippen molar-refractivity contribution in [3.8, 4) is 28.8 Å². The predicted octanol–water partition coefficient (Wildman–Crippen LogP) is 8.00. The minimum absolute atomic E-state index is 0.0456. The monoisotopic (exact) mass is 1070 g/mol. The highest BCUT2D eigenvalue weighted by atomic mass is 19.1. The first kappa shape index (κ1) is 53.3. The Kier molecular flexibility index (Phi) is 16.4. The van der Waals surface area contributed by atoms with E-state index in [1.165, 1.54) is 29.1 Å². The number of imidazole rings is 3. The minimum Gasteiger partial charge on any atom is -0.338 e. The SMILES string of the molecule is CCNC(=O)Nc1nc2c(-c3ncccn3)cc(F)cc2[nH]1.CCNC(=O)Nc1nc2c(-n3cccn3)c(F)c(C#N)cc2[nH]1.CCNC(=O)Nc1nc2c(-n3cccn3)cc(C3CCN(Cc4ccccc4)C(=O)C3)cc2[nH]1. The quantitative estimate of drug-likeness (QED) is 0.0562. The van der Waals surface area contributed by atoms with Crippen LogP contribution in [0.5, 0.6) is 0 Å². The number of amides is 7. The van der Waals surface area contributed by atoms with Crippen LogP contribution in [-0.4, -0.2) is 115 Å². The Hall–Kier alpha value is -10.6. The molecule has 0 aliphatic carbocycles. The lowest BCUT2D eigenvalue weighted by Crippen LogP contribution is -2.37. The predicted molar refractivity (Wildman–Crippen MR) is 290 cm³/mol. The molecule has 7 heterocycles. The number of hydrogen-bond donors (Lipinski definition) is 9. The van der Waals surface area contributed by atoms with E-state index in [9.17, 15) is 28.0 Å². The maximum atomic E-state index is 14.5. The molecular formula is C53H52F2N20O4. The van der Waals surface area contributed by atoms with E-state index in [1.807, 2.05) is 60.5 Å². The van der Waals surface area contributed by atoms with Crippen LogP contribution in [0.3, 0.4) is 0 Å². The van der Waals surface area contributed by atoms with E-state index >= 15 is 0 Å². The molecule has 11 rings (SSSR count). The average Bonchev–Trinajstić information content (AvgIpc) is 4.44. The van der Waals surface area contributed by atoms with Crippen molar-refractivity contribution in [3.63, 3.8) is 0 Å². The number of fused-ring (bicyclic) bond motifs is 3. The first-order valence-corrected chi connectivity index (χ1v) is 25.0. The number of likely N-dealkylation sites (tertiary alicyclic amines) is 1. The van der Waals surface area contributed by atoms with E-state index in [0.717, 1.165) is 28.8 Å². The van der Waals surface area contributed by atoms with Gasteiger partial charge in [0.25, 0.3) is 0 Å². The van der Waals surface area contributed by atoms with Crippen molar-refractivity contribution < 1.29 is 28.0 Å². The number of benzene rings is 4. The molecule has 1 atom stereocenters. The molecule has 79 heavy (non-hydrogen) atoms. The van der Waals surface area contributed by atoms with Crippen LogP contribution < -0.4 is 31.9 Å². The van der Waals surface area contributed by atoms with Gasteiger partial charge in [0.1, 0.15) is 34.1 Å². The highest BCUT2D eigenvalue weighted by Crippen LogP contribution is 2.35. The van der Waals surface area contributed by atoms with Crippen LogP contribution in [0.1, 0.15) is 56.2 Å². The first-order chi connectivity index (χ1) is 38.4. The van der Waals surface area contributed by atoms with Crippen LogP contribution in [0, 0.1) is 23.0 Å². The van der Waals surface area contributed by atoms with Gasteiger partial charge in [-0.1, -0.05) is 30.3 Å². The molecule has 0 radical (unpaired) electrons. The standard InChI is InChI=1S/C25H27N7O2.C14H12FN7O.C14H13FN6O/c1-2-26-25(34)30-24-28-20-13-19(14-21(23(20)29-24)32-11-6-10-27-32)18-9-12-31(22(33)15-18)16-17-7-4-3-5-8-17;1-2-17-14(23)21-13-19-9-6-8(7-16)10(15)12(11(9)20-13)22-5-3-4-18-22;1-2-16-14(22)21-13-19-10-7-8(15)6-9(11(10)20-13)12-17-4-3-5-18-12/h3-8,10-11,13-14,18H,2,9,12,15-16H2,1H3,(H3,26,28,29,30,34);3-6H,2H2,1H3,(H3,17,19,20,21,23);3-7H,2H2,1H3,(H3,16,19,20,21,22). The van der Waals surface area contributed by atoms with Gasteiger partial charge in [-0.2, -0.15) is 15.5 Å². The van der Waals surface area contributed by atoms with Crippen LogP contribution in [0.2, 0.25) is 0 Å². The summed E-state index contributed by atoms with van der Waals surface area (Å²) in [5, 5.41) is 33.1. The summed E-state index contributed by atoms with van der Waals surface area (Å²) in [4.78, 5) is 80.2. The third-order valence-electron chi connectivity index (χ3n) is 12.2. The molecule has 0 bridgehead atoms. The van der Waals surface area contributed by atoms with Crippen LogP contribution in [-0.2, 0) is 11.3 Å². The molecule has 1 aliphatic rings. The largest absolute Gasteiger partial charge is 0.338 e. The second kappa shape index (κ2) is 24.4. The van der Waals surface area contributed by atoms with Crippen molar-refractivity contribution in [1.29, 1.82) is 5.26 Å². The molecular weight excluding hydrogens is 1020 g/mol. The van der Waals surface area contributed by atoms with E-state index in [1.54, 1.807) is 61.5 Å². The molecule has 0 saturated carbocycles. The van der Waals surface area contributed by atoms with Crippen molar-refractivity contribution in [2.75, 3.05) is 42.1 Å². The van der Waals surface area contributed by atoms with Gasteiger partial charge in [-0.15, -0.1) is 0 Å². The van der Waals surface area contributed by atoms with E-state index in [4.69, 9.17) is 5.26 Å². The van der Waals surface area contributed by atoms with Gasteiger partial charge in [-0.05, 0) is 92.8 Å². The smallest absolute Gasteiger partial charge is 0.321 e. The van der Waals surface area contributed by atoms with E-state index in [-0.39, 0.29) is 52.6 Å². The van der Waals surface area contributed by atoms with Crippen LogP contribution in [0.15, 0.2) is 116 Å². The number of nitrogens with zero attached hydrogens (tertiary/aromatic N) is 11. The number of aromatic amines is 3. The van der Waals surface area contributed by atoms with E-state index in [2.05, 4.69) is 88.0 Å². The number of urea groups is 3. The topological polar surface area (TPSA) is 315 Å². The molecule has 24 nitrogen and oxygen atoms in total. The Morgan fingerprint density at radius 2 is 1.25 bits per heavy atom. The maximum absolute atomic E-state index is 14.5. The fourth-order valence-electron chi connectivity index (χ4n) is 8.68. The van der Waals surface area contributed by atoms with Gasteiger partial charge in [0.2, 0.25) is 23.8 Å². The third-order valence-corrected chi connectivity index (χ3v) is 12.2. The molecule has 1 unspecified atom stereocenters. The highest BCUT2D eigenvalue weighted by Gasteiger charge is 2.29. The van der Waals surface area contributed by atoms with Gasteiger partial charge in [-0.3, -0.25) is 20.7 Å². The lowest BCUT2D eigenvalue weighted by atomic mass is 9.88. The molecule has 1 fully saturated rings. The fourth-order valence-corrected chi connectivity index (χ4v) is 8.68. The Bertz CT molecular complexity index is 3800. The maximum Gasteiger partial charge on any atom is 0.321 e. The fraction of sp³-hybridized carbons (Fsp3) is 0.208. The summed E-state index contributed by atoms with van der Waals surface area (Å²) in [6.45, 7) is 8.25. The summed E-state index contributed by atoms with van der Waals surface area (Å²) >= 11 is 0. The number of halogens is 2. The molecule has 6 aromatic heterocycles. The van der Waals surface area contributed by atoms with Crippen molar-refractivity contribution in [1.82, 2.24) is 80.3 Å². The number of nitrogens with one attached hydrogen (secondary N) is 9. The van der Waals surface area contributed by atoms with Gasteiger partial charge in [0, 0.05) is 76.3 Å². The van der Waals surface area contributed by atoms with Gasteiger partial charge in [0.15, 0.2) is 11.6 Å². The Labute approximate surface area is 448 Å². The summed E-state index contributed by atoms with van der Waals surface area (Å²) < 4.78 is 31.3. The lowest BCUT2D eigenvalue weighted by molar-refractivity contribution is -0.134.